The summed E-state index contributed by atoms with van der Waals surface area (Å²) in [6.07, 6.45) is -20.8. The smallest absolute Gasteiger partial charge is 0.350 e. The third-order valence-electron chi connectivity index (χ3n) is 1.37. The first kappa shape index (κ1) is 21.4. The lowest BCUT2D eigenvalue weighted by atomic mass is 10.3. The molecular formula is C6H4F12O2. The van der Waals surface area contributed by atoms with Crippen molar-refractivity contribution in [3.05, 3.63) is 0 Å². The van der Waals surface area contributed by atoms with E-state index in [1.807, 2.05) is 0 Å². The molecule has 0 rings (SSSR count). The van der Waals surface area contributed by atoms with Gasteiger partial charge in [0.15, 0.2) is 0 Å². The zero-order chi connectivity index (χ0) is 17.2. The van der Waals surface area contributed by atoms with Crippen LogP contribution in [0.4, 0.5) is 52.7 Å². The molecule has 0 saturated heterocycles. The molecule has 0 aliphatic carbocycles. The van der Waals surface area contributed by atoms with Crippen LogP contribution in [0.25, 0.3) is 0 Å². The molecule has 0 saturated carbocycles. The van der Waals surface area contributed by atoms with E-state index in [1.54, 1.807) is 0 Å². The standard InChI is InChI=1S/2C3H2F6O/c2*4-1(5)2(6,10)3(7,8)9/h2*1,10H. The summed E-state index contributed by atoms with van der Waals surface area (Å²) in [6.45, 7) is 0. The minimum atomic E-state index is -5.94. The highest BCUT2D eigenvalue weighted by Crippen LogP contribution is 2.36. The summed E-state index contributed by atoms with van der Waals surface area (Å²) >= 11 is 0. The Kier molecular flexibility index (Phi) is 6.67. The Morgan fingerprint density at radius 2 is 0.650 bits per heavy atom. The topological polar surface area (TPSA) is 40.5 Å². The average molecular weight is 336 g/mol. The Bertz CT molecular complexity index is 259. The van der Waals surface area contributed by atoms with E-state index in [9.17, 15) is 52.7 Å². The van der Waals surface area contributed by atoms with Gasteiger partial charge in [0.2, 0.25) is 0 Å². The fourth-order valence-electron chi connectivity index (χ4n) is 0.247. The van der Waals surface area contributed by atoms with Crippen LogP contribution in [0.5, 0.6) is 0 Å². The molecule has 2 N–H and O–H groups in total. The van der Waals surface area contributed by atoms with Crippen molar-refractivity contribution in [3.8, 4) is 0 Å². The van der Waals surface area contributed by atoms with Gasteiger partial charge in [0, 0.05) is 0 Å². The van der Waals surface area contributed by atoms with Crippen molar-refractivity contribution in [2.75, 3.05) is 0 Å². The van der Waals surface area contributed by atoms with Gasteiger partial charge >= 0.3 is 36.9 Å². The molecule has 14 heteroatoms. The van der Waals surface area contributed by atoms with E-state index < -0.39 is 36.9 Å². The van der Waals surface area contributed by atoms with Crippen LogP contribution in [-0.2, 0) is 0 Å². The number of hydrogen-bond acceptors (Lipinski definition) is 2. The quantitative estimate of drug-likeness (QED) is 0.762. The van der Waals surface area contributed by atoms with E-state index in [2.05, 4.69) is 0 Å². The lowest BCUT2D eigenvalue weighted by molar-refractivity contribution is -0.353. The van der Waals surface area contributed by atoms with Crippen LogP contribution in [0, 0.1) is 0 Å². The maximum atomic E-state index is 11.4. The van der Waals surface area contributed by atoms with E-state index in [0.717, 1.165) is 0 Å². The third kappa shape index (κ3) is 5.22. The molecule has 0 bridgehead atoms. The van der Waals surface area contributed by atoms with Gasteiger partial charge < -0.3 is 10.2 Å². The fraction of sp³-hybridized carbons (Fsp3) is 1.00. The van der Waals surface area contributed by atoms with E-state index in [4.69, 9.17) is 10.2 Å². The number of rotatable bonds is 2. The maximum absolute atomic E-state index is 11.4. The Hall–Kier alpha value is -0.920. The van der Waals surface area contributed by atoms with Crippen molar-refractivity contribution in [2.45, 2.75) is 36.9 Å². The summed E-state index contributed by atoms with van der Waals surface area (Å²) < 4.78 is 133. The minimum Gasteiger partial charge on any atom is -0.350 e. The molecule has 0 heterocycles. The Morgan fingerprint density at radius 3 is 0.650 bits per heavy atom. The zero-order valence-electron chi connectivity index (χ0n) is 8.58. The molecule has 124 valence electrons. The van der Waals surface area contributed by atoms with E-state index in [-0.39, 0.29) is 0 Å². The first-order chi connectivity index (χ1) is 8.39. The normalized spacial score (nSPS) is 19.2. The Labute approximate surface area is 101 Å². The van der Waals surface area contributed by atoms with Crippen molar-refractivity contribution in [1.29, 1.82) is 0 Å². The van der Waals surface area contributed by atoms with Crippen LogP contribution < -0.4 is 0 Å². The van der Waals surface area contributed by atoms with Crippen molar-refractivity contribution in [3.63, 3.8) is 0 Å². The Balaban J connectivity index is 0. The largest absolute Gasteiger partial charge is 0.454 e. The van der Waals surface area contributed by atoms with Gasteiger partial charge in [-0.05, 0) is 0 Å². The monoisotopic (exact) mass is 336 g/mol. The lowest BCUT2D eigenvalue weighted by Gasteiger charge is -2.20. The first-order valence-corrected chi connectivity index (χ1v) is 3.91. The van der Waals surface area contributed by atoms with Crippen LogP contribution >= 0.6 is 0 Å². The molecule has 0 spiro atoms. The van der Waals surface area contributed by atoms with E-state index >= 15 is 0 Å². The van der Waals surface area contributed by atoms with Gasteiger partial charge in [-0.2, -0.15) is 35.1 Å². The molecule has 0 radical (unpaired) electrons. The van der Waals surface area contributed by atoms with Crippen molar-refractivity contribution in [1.82, 2.24) is 0 Å². The van der Waals surface area contributed by atoms with Crippen LogP contribution in [0.1, 0.15) is 0 Å². The highest BCUT2D eigenvalue weighted by molar-refractivity contribution is 4.77. The molecule has 0 aliphatic heterocycles. The van der Waals surface area contributed by atoms with E-state index in [0.29, 0.717) is 0 Å². The second-order valence-corrected chi connectivity index (χ2v) is 2.94. The highest BCUT2D eigenvalue weighted by Gasteiger charge is 2.62. The summed E-state index contributed by atoms with van der Waals surface area (Å²) in [7, 11) is 0. The molecule has 0 aromatic rings. The lowest BCUT2D eigenvalue weighted by Crippen LogP contribution is -2.47. The molecule has 0 aromatic carbocycles. The molecule has 2 unspecified atom stereocenters. The van der Waals surface area contributed by atoms with Crippen LogP contribution in [-0.4, -0.2) is 47.1 Å². The molecule has 0 fully saturated rings. The van der Waals surface area contributed by atoms with Crippen LogP contribution in [0.3, 0.4) is 0 Å². The van der Waals surface area contributed by atoms with Crippen LogP contribution in [0.2, 0.25) is 0 Å². The number of aliphatic hydroxyl groups is 2. The summed E-state index contributed by atoms with van der Waals surface area (Å²) in [4.78, 5) is 0. The van der Waals surface area contributed by atoms with Gasteiger partial charge in [-0.25, -0.2) is 17.6 Å². The number of hydrogen-bond donors (Lipinski definition) is 2. The number of alkyl halides is 12. The van der Waals surface area contributed by atoms with Gasteiger partial charge in [0.25, 0.3) is 0 Å². The van der Waals surface area contributed by atoms with Gasteiger partial charge in [-0.1, -0.05) is 0 Å². The van der Waals surface area contributed by atoms with Crippen LogP contribution in [0.15, 0.2) is 0 Å². The summed E-state index contributed by atoms with van der Waals surface area (Å²) in [5.41, 5.74) is 0. The molecule has 0 amide bonds. The second kappa shape index (κ2) is 6.24. The molecule has 20 heavy (non-hydrogen) atoms. The molecule has 2 atom stereocenters. The summed E-state index contributed by atoms with van der Waals surface area (Å²) in [6, 6.07) is 0. The van der Waals surface area contributed by atoms with Gasteiger partial charge in [0.05, 0.1) is 0 Å². The molecule has 0 aromatic heterocycles. The summed E-state index contributed by atoms with van der Waals surface area (Å²) in [5, 5.41) is 14.8. The molecule has 2 nitrogen and oxygen atoms in total. The fourth-order valence-corrected chi connectivity index (χ4v) is 0.247. The second-order valence-electron chi connectivity index (χ2n) is 2.94. The maximum Gasteiger partial charge on any atom is 0.454 e. The van der Waals surface area contributed by atoms with Gasteiger partial charge in [0.1, 0.15) is 0 Å². The predicted octanol–water partition coefficient (Wildman–Crippen LogP) is 2.94. The van der Waals surface area contributed by atoms with Crippen molar-refractivity contribution < 1.29 is 62.9 Å². The number of halogens is 12. The molecule has 0 aliphatic rings. The first-order valence-electron chi connectivity index (χ1n) is 3.91. The van der Waals surface area contributed by atoms with Gasteiger partial charge in [-0.15, -0.1) is 0 Å². The average Bonchev–Trinajstić information content (AvgIpc) is 2.14. The highest BCUT2D eigenvalue weighted by atomic mass is 19.4. The summed E-state index contributed by atoms with van der Waals surface area (Å²) in [5.74, 6) is -10.8. The van der Waals surface area contributed by atoms with Gasteiger partial charge in [-0.3, -0.25) is 0 Å². The minimum absolute atomic E-state index is 4.48. The third-order valence-corrected chi connectivity index (χ3v) is 1.37. The SMILES string of the molecule is OC(F)(C(F)F)C(F)(F)F.OC(F)(C(F)F)C(F)(F)F. The predicted molar refractivity (Wildman–Crippen MR) is 36.2 cm³/mol. The Morgan fingerprint density at radius 1 is 0.500 bits per heavy atom. The van der Waals surface area contributed by atoms with Crippen molar-refractivity contribution >= 4 is 0 Å². The zero-order valence-corrected chi connectivity index (χ0v) is 8.58. The van der Waals surface area contributed by atoms with Crippen molar-refractivity contribution in [2.24, 2.45) is 0 Å². The van der Waals surface area contributed by atoms with E-state index in [1.165, 1.54) is 0 Å². The molecular weight excluding hydrogens is 332 g/mol.